The second kappa shape index (κ2) is 10.3. The Hall–Kier alpha value is -1.46. The second-order valence-corrected chi connectivity index (χ2v) is 17.6. The van der Waals surface area contributed by atoms with Crippen LogP contribution in [0.2, 0.25) is 18.1 Å². The van der Waals surface area contributed by atoms with Crippen LogP contribution in [0.25, 0.3) is 0 Å². The number of rotatable bonds is 8. The molecule has 1 N–H and O–H groups in total. The van der Waals surface area contributed by atoms with Crippen molar-refractivity contribution in [2.75, 3.05) is 0 Å². The maximum Gasteiger partial charge on any atom is 0.270 e. The van der Waals surface area contributed by atoms with Gasteiger partial charge in [0.25, 0.3) is 6.43 Å². The molecule has 34 heavy (non-hydrogen) atoms. The summed E-state index contributed by atoms with van der Waals surface area (Å²) in [7, 11) is -2.04. The van der Waals surface area contributed by atoms with Gasteiger partial charge in [0.15, 0.2) is 25.5 Å². The molecular formula is C24H34F4N2O2SSi. The van der Waals surface area contributed by atoms with Crippen LogP contribution in [0.15, 0.2) is 36.5 Å². The summed E-state index contributed by atoms with van der Waals surface area (Å²) in [4.78, 5) is 4.24. The Morgan fingerprint density at radius 3 is 2.09 bits per heavy atom. The summed E-state index contributed by atoms with van der Waals surface area (Å²) < 4.78 is 77.9. The maximum absolute atomic E-state index is 14.8. The zero-order chi connectivity index (χ0) is 26.1. The number of hydrogen-bond donors (Lipinski definition) is 1. The van der Waals surface area contributed by atoms with Crippen LogP contribution in [-0.2, 0) is 27.9 Å². The van der Waals surface area contributed by atoms with E-state index >= 15 is 0 Å². The van der Waals surface area contributed by atoms with Gasteiger partial charge in [0, 0.05) is 17.6 Å². The number of alkyl halides is 2. The summed E-state index contributed by atoms with van der Waals surface area (Å²) in [6, 6.07) is 5.49. The lowest BCUT2D eigenvalue weighted by Gasteiger charge is -2.37. The van der Waals surface area contributed by atoms with E-state index in [1.165, 1.54) is 12.3 Å². The molecule has 0 saturated carbocycles. The third-order valence-electron chi connectivity index (χ3n) is 6.15. The fraction of sp³-hybridized carbons (Fsp3) is 0.542. The first-order valence-electron chi connectivity index (χ1n) is 10.9. The number of halogens is 4. The van der Waals surface area contributed by atoms with E-state index in [2.05, 4.69) is 43.6 Å². The minimum Gasteiger partial charge on any atom is -0.598 e. The Labute approximate surface area is 204 Å². The predicted molar refractivity (Wildman–Crippen MR) is 130 cm³/mol. The van der Waals surface area contributed by atoms with Crippen LogP contribution in [0, 0.1) is 11.6 Å². The molecule has 0 aliphatic rings. The summed E-state index contributed by atoms with van der Waals surface area (Å²) in [6.07, 6.45) is -1.76. The standard InChI is InChI=1S/C24H34F4N2O2SSi/c1-22(2,3)33(31)30-24(21(27)28,17-10-11-18(25)19(26)13-17)20-12-9-16(14-29-20)15-32-34(7,8)23(4,5)6/h9-14,21,30H,15H2,1-8H3/t24-,33+/m0/s1. The number of pyridine rings is 1. The van der Waals surface area contributed by atoms with Crippen LogP contribution in [0.1, 0.15) is 58.4 Å². The molecule has 2 rings (SSSR count). The molecule has 0 unspecified atom stereocenters. The average molecular weight is 519 g/mol. The number of benzene rings is 1. The third-order valence-corrected chi connectivity index (χ3v) is 12.2. The molecule has 4 nitrogen and oxygen atoms in total. The van der Waals surface area contributed by atoms with Crippen molar-refractivity contribution < 1.29 is 26.5 Å². The maximum atomic E-state index is 14.8. The van der Waals surface area contributed by atoms with Crippen molar-refractivity contribution in [3.63, 3.8) is 0 Å². The van der Waals surface area contributed by atoms with Crippen molar-refractivity contribution in [2.45, 2.75) is 83.0 Å². The summed E-state index contributed by atoms with van der Waals surface area (Å²) >= 11 is -1.98. The van der Waals surface area contributed by atoms with Gasteiger partial charge in [0.1, 0.15) is 4.75 Å². The fourth-order valence-electron chi connectivity index (χ4n) is 2.81. The van der Waals surface area contributed by atoms with Gasteiger partial charge in [-0.1, -0.05) is 32.9 Å². The van der Waals surface area contributed by atoms with Crippen LogP contribution in [0.3, 0.4) is 0 Å². The van der Waals surface area contributed by atoms with Gasteiger partial charge in [-0.15, -0.1) is 4.72 Å². The van der Waals surface area contributed by atoms with Gasteiger partial charge in [0.05, 0.1) is 12.3 Å². The molecular weight excluding hydrogens is 484 g/mol. The van der Waals surface area contributed by atoms with Crippen LogP contribution in [-0.4, -0.2) is 29.0 Å². The van der Waals surface area contributed by atoms with Gasteiger partial charge in [0.2, 0.25) is 0 Å². The van der Waals surface area contributed by atoms with Gasteiger partial charge in [-0.25, -0.2) is 17.6 Å². The monoisotopic (exact) mass is 518 g/mol. The van der Waals surface area contributed by atoms with Gasteiger partial charge in [-0.05, 0) is 68.2 Å². The Bertz CT molecular complexity index is 978. The number of nitrogens with zero attached hydrogens (tertiary/aromatic N) is 1. The van der Waals surface area contributed by atoms with Crippen LogP contribution >= 0.6 is 0 Å². The first kappa shape index (κ1) is 28.8. The van der Waals surface area contributed by atoms with Crippen molar-refractivity contribution >= 4 is 19.7 Å². The van der Waals surface area contributed by atoms with E-state index in [-0.39, 0.29) is 22.9 Å². The van der Waals surface area contributed by atoms with E-state index in [4.69, 9.17) is 4.43 Å². The van der Waals surface area contributed by atoms with E-state index in [0.29, 0.717) is 11.6 Å². The quantitative estimate of drug-likeness (QED) is 0.248. The van der Waals surface area contributed by atoms with Crippen molar-refractivity contribution in [1.82, 2.24) is 9.71 Å². The second-order valence-electron chi connectivity index (χ2n) is 10.8. The molecule has 0 saturated heterocycles. The van der Waals surface area contributed by atoms with E-state index in [1.54, 1.807) is 26.8 Å². The highest BCUT2D eigenvalue weighted by molar-refractivity contribution is 7.90. The SMILES string of the molecule is CC(C)(C)[S@@+]([O-])N[C@@](c1ccc(F)c(F)c1)(c1ccc(CO[Si](C)(C)C(C)(C)C)cn1)C(F)F. The first-order valence-corrected chi connectivity index (χ1v) is 15.0. The Morgan fingerprint density at radius 2 is 1.65 bits per heavy atom. The van der Waals surface area contributed by atoms with Crippen molar-refractivity contribution in [3.8, 4) is 0 Å². The lowest BCUT2D eigenvalue weighted by atomic mass is 9.87. The Kier molecular flexibility index (Phi) is 8.68. The van der Waals surface area contributed by atoms with E-state index in [0.717, 1.165) is 12.1 Å². The zero-order valence-electron chi connectivity index (χ0n) is 20.9. The molecule has 0 amide bonds. The molecule has 0 bridgehead atoms. The molecule has 1 aromatic heterocycles. The highest BCUT2D eigenvalue weighted by Gasteiger charge is 2.51. The molecule has 0 radical (unpaired) electrons. The zero-order valence-corrected chi connectivity index (χ0v) is 22.7. The fourth-order valence-corrected chi connectivity index (χ4v) is 4.68. The highest BCUT2D eigenvalue weighted by atomic mass is 32.2. The lowest BCUT2D eigenvalue weighted by Crippen LogP contribution is -2.56. The Morgan fingerprint density at radius 1 is 1.03 bits per heavy atom. The molecule has 0 aliphatic carbocycles. The molecule has 1 aromatic carbocycles. The normalized spacial score (nSPS) is 15.9. The summed E-state index contributed by atoms with van der Waals surface area (Å²) in [5.41, 5.74) is -2.19. The molecule has 10 heteroatoms. The van der Waals surface area contributed by atoms with E-state index < -0.39 is 48.0 Å². The van der Waals surface area contributed by atoms with E-state index in [1.807, 2.05) is 0 Å². The van der Waals surface area contributed by atoms with Crippen LogP contribution in [0.5, 0.6) is 0 Å². The minimum absolute atomic E-state index is 0.00120. The van der Waals surface area contributed by atoms with E-state index in [9.17, 15) is 22.1 Å². The predicted octanol–water partition coefficient (Wildman–Crippen LogP) is 6.44. The first-order chi connectivity index (χ1) is 15.4. The van der Waals surface area contributed by atoms with Crippen LogP contribution in [0.4, 0.5) is 17.6 Å². The van der Waals surface area contributed by atoms with Crippen molar-refractivity contribution in [1.29, 1.82) is 0 Å². The molecule has 0 spiro atoms. The van der Waals surface area contributed by atoms with Gasteiger partial charge in [-0.2, -0.15) is 0 Å². The number of aromatic nitrogens is 1. The summed E-state index contributed by atoms with van der Waals surface area (Å²) in [6.45, 7) is 15.7. The van der Waals surface area contributed by atoms with Crippen molar-refractivity contribution in [2.24, 2.45) is 0 Å². The highest BCUT2D eigenvalue weighted by Crippen LogP contribution is 2.39. The number of nitrogens with one attached hydrogen (secondary N) is 1. The lowest BCUT2D eigenvalue weighted by molar-refractivity contribution is 0.0617. The van der Waals surface area contributed by atoms with Gasteiger partial charge < -0.3 is 8.98 Å². The molecule has 0 fully saturated rings. The summed E-state index contributed by atoms with van der Waals surface area (Å²) in [5.74, 6) is -2.46. The number of hydrogen-bond acceptors (Lipinski definition) is 4. The topological polar surface area (TPSA) is 57.2 Å². The molecule has 2 atom stereocenters. The largest absolute Gasteiger partial charge is 0.598 e. The van der Waals surface area contributed by atoms with Crippen molar-refractivity contribution in [3.05, 3.63) is 65.0 Å². The van der Waals surface area contributed by atoms with Gasteiger partial charge >= 0.3 is 0 Å². The molecule has 2 aromatic rings. The van der Waals surface area contributed by atoms with Crippen LogP contribution < -0.4 is 4.72 Å². The molecule has 1 heterocycles. The minimum atomic E-state index is -3.18. The molecule has 0 aliphatic heterocycles. The smallest absolute Gasteiger partial charge is 0.270 e. The van der Waals surface area contributed by atoms with Gasteiger partial charge in [-0.3, -0.25) is 4.98 Å². The third kappa shape index (κ3) is 6.20. The molecule has 190 valence electrons. The Balaban J connectivity index is 2.53. The average Bonchev–Trinajstić information content (AvgIpc) is 2.71. The summed E-state index contributed by atoms with van der Waals surface area (Å²) in [5, 5.41) is -0.00120.